The molecule has 2 saturated heterocycles. The van der Waals surface area contributed by atoms with Gasteiger partial charge in [-0.05, 0) is 24.6 Å². The molecule has 0 spiro atoms. The van der Waals surface area contributed by atoms with E-state index in [0.29, 0.717) is 19.5 Å². The van der Waals surface area contributed by atoms with Gasteiger partial charge in [0.2, 0.25) is 5.91 Å². The van der Waals surface area contributed by atoms with Gasteiger partial charge in [0, 0.05) is 37.1 Å². The number of halogens is 1. The number of amides is 1. The molecule has 0 aliphatic carbocycles. The number of hydrogen-bond donors (Lipinski definition) is 1. The van der Waals surface area contributed by atoms with Gasteiger partial charge in [-0.25, -0.2) is 4.39 Å². The van der Waals surface area contributed by atoms with Crippen molar-refractivity contribution in [2.45, 2.75) is 31.6 Å². The van der Waals surface area contributed by atoms with Crippen LogP contribution in [0.2, 0.25) is 0 Å². The van der Waals surface area contributed by atoms with E-state index in [0.717, 1.165) is 23.6 Å². The normalized spacial score (nSPS) is 28.6. The van der Waals surface area contributed by atoms with Crippen LogP contribution in [0.15, 0.2) is 24.3 Å². The van der Waals surface area contributed by atoms with Crippen LogP contribution in [0.25, 0.3) is 0 Å². The first-order valence-electron chi connectivity index (χ1n) is 8.11. The van der Waals surface area contributed by atoms with Gasteiger partial charge < -0.3 is 15.0 Å². The largest absolute Gasteiger partial charge is 0.367 e. The predicted octanol–water partition coefficient (Wildman–Crippen LogP) is 2.21. The number of carbonyl (C=O) groups excluding carboxylic acids is 1. The van der Waals surface area contributed by atoms with Crippen LogP contribution >= 0.6 is 11.8 Å². The van der Waals surface area contributed by atoms with Crippen LogP contribution in [0, 0.1) is 5.82 Å². The second-order valence-corrected chi connectivity index (χ2v) is 7.37. The Labute approximate surface area is 140 Å². The van der Waals surface area contributed by atoms with E-state index in [-0.39, 0.29) is 30.0 Å². The highest BCUT2D eigenvalue weighted by Gasteiger charge is 2.30. The zero-order valence-electron chi connectivity index (χ0n) is 13.3. The van der Waals surface area contributed by atoms with Crippen LogP contribution < -0.4 is 5.32 Å². The quantitative estimate of drug-likeness (QED) is 0.917. The summed E-state index contributed by atoms with van der Waals surface area (Å²) in [5.41, 5.74) is 0.919. The molecule has 3 atom stereocenters. The molecule has 126 valence electrons. The van der Waals surface area contributed by atoms with Crippen molar-refractivity contribution in [3.05, 3.63) is 35.6 Å². The van der Waals surface area contributed by atoms with Gasteiger partial charge in [0.25, 0.3) is 0 Å². The number of carbonyl (C=O) groups is 1. The van der Waals surface area contributed by atoms with E-state index in [1.807, 2.05) is 23.6 Å². The molecule has 3 rings (SSSR count). The fourth-order valence-corrected chi connectivity index (χ4v) is 4.06. The maximum Gasteiger partial charge on any atom is 0.224 e. The Morgan fingerprint density at radius 1 is 1.39 bits per heavy atom. The molecule has 2 aliphatic heterocycles. The molecule has 0 radical (unpaired) electrons. The minimum Gasteiger partial charge on any atom is -0.367 e. The van der Waals surface area contributed by atoms with Gasteiger partial charge in [-0.1, -0.05) is 12.1 Å². The lowest BCUT2D eigenvalue weighted by Crippen LogP contribution is -2.48. The smallest absolute Gasteiger partial charge is 0.224 e. The summed E-state index contributed by atoms with van der Waals surface area (Å²) in [7, 11) is 0. The van der Waals surface area contributed by atoms with E-state index in [9.17, 15) is 9.18 Å². The molecule has 0 bridgehead atoms. The van der Waals surface area contributed by atoms with Gasteiger partial charge >= 0.3 is 0 Å². The lowest BCUT2D eigenvalue weighted by Gasteiger charge is -2.38. The predicted molar refractivity (Wildman–Crippen MR) is 90.0 cm³/mol. The van der Waals surface area contributed by atoms with E-state index in [4.69, 9.17) is 4.74 Å². The van der Waals surface area contributed by atoms with E-state index >= 15 is 0 Å². The van der Waals surface area contributed by atoms with Crippen LogP contribution in [0.3, 0.4) is 0 Å². The van der Waals surface area contributed by atoms with Gasteiger partial charge in [-0.15, -0.1) is 0 Å². The average Bonchev–Trinajstić information content (AvgIpc) is 2.56. The molecule has 2 aliphatic rings. The molecule has 1 aromatic rings. The molecule has 6 heteroatoms. The summed E-state index contributed by atoms with van der Waals surface area (Å²) in [6.45, 7) is 4.11. The van der Waals surface area contributed by atoms with Gasteiger partial charge in [-0.3, -0.25) is 4.79 Å². The molecule has 3 unspecified atom stereocenters. The van der Waals surface area contributed by atoms with Crippen molar-refractivity contribution >= 4 is 17.7 Å². The van der Waals surface area contributed by atoms with Crippen LogP contribution in [0.1, 0.15) is 25.0 Å². The number of ether oxygens (including phenoxy) is 1. The third-order valence-corrected chi connectivity index (χ3v) is 5.41. The molecule has 1 amide bonds. The monoisotopic (exact) mass is 338 g/mol. The van der Waals surface area contributed by atoms with Gasteiger partial charge in [0.1, 0.15) is 11.9 Å². The van der Waals surface area contributed by atoms with Crippen molar-refractivity contribution in [3.8, 4) is 0 Å². The Hall–Kier alpha value is -1.11. The summed E-state index contributed by atoms with van der Waals surface area (Å²) in [6.07, 6.45) is 0.337. The van der Waals surface area contributed by atoms with E-state index in [1.54, 1.807) is 12.1 Å². The summed E-state index contributed by atoms with van der Waals surface area (Å²) >= 11 is 1.90. The number of nitrogens with zero attached hydrogens (tertiary/aromatic N) is 1. The standard InChI is InChI=1S/C17H23FN2O2S/c1-12-9-20(17(21)8-15-11-23-7-6-19-15)10-16(22-12)13-2-4-14(18)5-3-13/h2-5,12,15-16,19H,6-11H2,1H3. The molecule has 0 saturated carbocycles. The molecule has 1 aromatic carbocycles. The first-order chi connectivity index (χ1) is 11.1. The van der Waals surface area contributed by atoms with Gasteiger partial charge in [0.05, 0.1) is 12.6 Å². The number of thioether (sulfide) groups is 1. The van der Waals surface area contributed by atoms with Crippen molar-refractivity contribution in [3.63, 3.8) is 0 Å². The number of nitrogens with one attached hydrogen (secondary N) is 1. The Morgan fingerprint density at radius 3 is 2.87 bits per heavy atom. The van der Waals surface area contributed by atoms with Crippen LogP contribution in [-0.4, -0.2) is 54.1 Å². The SMILES string of the molecule is CC1CN(C(=O)CC2CSCCN2)CC(c2ccc(F)cc2)O1. The zero-order chi connectivity index (χ0) is 16.2. The highest BCUT2D eigenvalue weighted by molar-refractivity contribution is 7.99. The van der Waals surface area contributed by atoms with Crippen LogP contribution in [-0.2, 0) is 9.53 Å². The molecule has 2 heterocycles. The highest BCUT2D eigenvalue weighted by Crippen LogP contribution is 2.26. The lowest BCUT2D eigenvalue weighted by molar-refractivity contribution is -0.145. The van der Waals surface area contributed by atoms with Crippen molar-refractivity contribution < 1.29 is 13.9 Å². The first kappa shape index (κ1) is 16.7. The summed E-state index contributed by atoms with van der Waals surface area (Å²) in [4.78, 5) is 14.5. The summed E-state index contributed by atoms with van der Waals surface area (Å²) < 4.78 is 19.0. The van der Waals surface area contributed by atoms with Crippen LogP contribution in [0.5, 0.6) is 0 Å². The van der Waals surface area contributed by atoms with Gasteiger partial charge in [0.15, 0.2) is 0 Å². The zero-order valence-corrected chi connectivity index (χ0v) is 14.2. The maximum atomic E-state index is 13.1. The van der Waals surface area contributed by atoms with E-state index in [1.165, 1.54) is 12.1 Å². The first-order valence-corrected chi connectivity index (χ1v) is 9.27. The highest BCUT2D eigenvalue weighted by atomic mass is 32.2. The van der Waals surface area contributed by atoms with E-state index < -0.39 is 0 Å². The third kappa shape index (κ3) is 4.46. The summed E-state index contributed by atoms with van der Waals surface area (Å²) in [5, 5.41) is 3.41. The summed E-state index contributed by atoms with van der Waals surface area (Å²) in [5.74, 6) is 2.03. The number of hydrogen-bond acceptors (Lipinski definition) is 4. The molecule has 0 aromatic heterocycles. The number of morpholine rings is 1. The van der Waals surface area contributed by atoms with Crippen LogP contribution in [0.4, 0.5) is 4.39 Å². The molecular weight excluding hydrogens is 315 g/mol. The molecule has 23 heavy (non-hydrogen) atoms. The second-order valence-electron chi connectivity index (χ2n) is 6.22. The fraction of sp³-hybridized carbons (Fsp3) is 0.588. The van der Waals surface area contributed by atoms with Crippen molar-refractivity contribution in [2.24, 2.45) is 0 Å². The third-order valence-electron chi connectivity index (χ3n) is 4.27. The topological polar surface area (TPSA) is 41.6 Å². The lowest BCUT2D eigenvalue weighted by atomic mass is 10.1. The van der Waals surface area contributed by atoms with Crippen molar-refractivity contribution in [1.82, 2.24) is 10.2 Å². The summed E-state index contributed by atoms with van der Waals surface area (Å²) in [6, 6.07) is 6.62. The molecular formula is C17H23FN2O2S. The van der Waals surface area contributed by atoms with Gasteiger partial charge in [-0.2, -0.15) is 11.8 Å². The molecule has 1 N–H and O–H groups in total. The van der Waals surface area contributed by atoms with E-state index in [2.05, 4.69) is 5.32 Å². The molecule has 4 nitrogen and oxygen atoms in total. The number of rotatable bonds is 3. The second kappa shape index (κ2) is 7.64. The number of benzene rings is 1. The Morgan fingerprint density at radius 2 is 2.17 bits per heavy atom. The van der Waals surface area contributed by atoms with Crippen molar-refractivity contribution in [1.29, 1.82) is 0 Å². The molecule has 2 fully saturated rings. The minimum atomic E-state index is -0.258. The Kier molecular flexibility index (Phi) is 5.56. The maximum absolute atomic E-state index is 13.1. The minimum absolute atomic E-state index is 0.0172. The average molecular weight is 338 g/mol. The Bertz CT molecular complexity index is 534. The van der Waals surface area contributed by atoms with Crippen molar-refractivity contribution in [2.75, 3.05) is 31.1 Å². The fourth-order valence-electron chi connectivity index (χ4n) is 3.11. The Balaban J connectivity index is 1.62.